The molecule has 7 heteroatoms. The molecule has 2 aromatic rings. The molecule has 0 aromatic heterocycles. The summed E-state index contributed by atoms with van der Waals surface area (Å²) in [6.45, 7) is 1.99. The highest BCUT2D eigenvalue weighted by Gasteiger charge is 2.24. The van der Waals surface area contributed by atoms with Crippen molar-refractivity contribution in [2.75, 3.05) is 7.11 Å². The summed E-state index contributed by atoms with van der Waals surface area (Å²) in [7, 11) is -2.62. The summed E-state index contributed by atoms with van der Waals surface area (Å²) in [6.07, 6.45) is 4.63. The van der Waals surface area contributed by atoms with Crippen molar-refractivity contribution in [3.63, 3.8) is 0 Å². The minimum Gasteiger partial charge on any atom is -0.495 e. The molecule has 1 N–H and O–H groups in total. The smallest absolute Gasteiger partial charge is 0.335 e. The topological polar surface area (TPSA) is 104 Å². The fourth-order valence-electron chi connectivity index (χ4n) is 3.28. The highest BCUT2D eigenvalue weighted by atomic mass is 32.2. The van der Waals surface area contributed by atoms with E-state index in [0.717, 1.165) is 22.8 Å². The van der Waals surface area contributed by atoms with Crippen LogP contribution in [0.2, 0.25) is 0 Å². The van der Waals surface area contributed by atoms with Gasteiger partial charge in [-0.15, -0.1) is 0 Å². The van der Waals surface area contributed by atoms with Crippen LogP contribution in [-0.4, -0.2) is 26.6 Å². The third kappa shape index (κ3) is 4.23. The van der Waals surface area contributed by atoms with Crippen molar-refractivity contribution in [1.29, 1.82) is 5.26 Å². The van der Waals surface area contributed by atoms with Gasteiger partial charge in [0.15, 0.2) is 9.84 Å². The van der Waals surface area contributed by atoms with E-state index in [1.165, 1.54) is 19.2 Å². The summed E-state index contributed by atoms with van der Waals surface area (Å²) in [5.41, 5.74) is 3.59. The largest absolute Gasteiger partial charge is 0.495 e. The third-order valence-corrected chi connectivity index (χ3v) is 6.39. The van der Waals surface area contributed by atoms with Gasteiger partial charge in [0.05, 0.1) is 30.1 Å². The number of rotatable bonds is 6. The van der Waals surface area contributed by atoms with Crippen molar-refractivity contribution < 1.29 is 23.1 Å². The highest BCUT2D eigenvalue weighted by Crippen LogP contribution is 2.34. The van der Waals surface area contributed by atoms with Crippen LogP contribution in [0.25, 0.3) is 5.57 Å². The Bertz CT molecular complexity index is 1200. The molecule has 6 nitrogen and oxygen atoms in total. The lowest BCUT2D eigenvalue weighted by Crippen LogP contribution is -2.10. The van der Waals surface area contributed by atoms with Gasteiger partial charge in [-0.05, 0) is 60.4 Å². The maximum atomic E-state index is 13.2. The average molecular weight is 409 g/mol. The van der Waals surface area contributed by atoms with Crippen LogP contribution < -0.4 is 4.74 Å². The number of carbonyl (C=O) groups is 1. The second kappa shape index (κ2) is 7.94. The number of benzene rings is 2. The molecule has 0 atom stereocenters. The molecule has 148 valence electrons. The molecule has 29 heavy (non-hydrogen) atoms. The van der Waals surface area contributed by atoms with Gasteiger partial charge in [-0.2, -0.15) is 5.26 Å². The van der Waals surface area contributed by atoms with Gasteiger partial charge in [0.1, 0.15) is 10.6 Å². The van der Waals surface area contributed by atoms with Crippen molar-refractivity contribution in [2.45, 2.75) is 24.0 Å². The van der Waals surface area contributed by atoms with Crippen molar-refractivity contribution in [3.05, 3.63) is 76.4 Å². The fourth-order valence-corrected chi connectivity index (χ4v) is 4.85. The van der Waals surface area contributed by atoms with Gasteiger partial charge in [-0.1, -0.05) is 23.8 Å². The van der Waals surface area contributed by atoms with Gasteiger partial charge < -0.3 is 9.84 Å². The lowest BCUT2D eigenvalue weighted by Gasteiger charge is -2.14. The number of hydrogen-bond donors (Lipinski definition) is 1. The van der Waals surface area contributed by atoms with Gasteiger partial charge in [-0.25, -0.2) is 13.2 Å². The number of ether oxygens (including phenoxy) is 1. The van der Waals surface area contributed by atoms with Crippen LogP contribution in [0, 0.1) is 11.3 Å². The van der Waals surface area contributed by atoms with E-state index in [1.807, 2.05) is 25.1 Å². The number of hydrogen-bond acceptors (Lipinski definition) is 5. The third-order valence-electron chi connectivity index (χ3n) is 4.71. The molecule has 2 aromatic carbocycles. The second-order valence-electron chi connectivity index (χ2n) is 6.80. The first kappa shape index (κ1) is 20.4. The molecule has 0 bridgehead atoms. The molecule has 3 rings (SSSR count). The summed E-state index contributed by atoms with van der Waals surface area (Å²) in [5, 5.41) is 18.5. The Balaban J connectivity index is 2.09. The van der Waals surface area contributed by atoms with E-state index in [2.05, 4.69) is 0 Å². The van der Waals surface area contributed by atoms with Gasteiger partial charge in [0, 0.05) is 0 Å². The Kier molecular flexibility index (Phi) is 5.57. The Hall–Kier alpha value is -3.37. The van der Waals surface area contributed by atoms with E-state index in [-0.39, 0.29) is 22.0 Å². The van der Waals surface area contributed by atoms with Crippen LogP contribution in [0.5, 0.6) is 5.75 Å². The Labute approximate surface area is 169 Å². The second-order valence-corrected chi connectivity index (χ2v) is 8.75. The molecule has 0 spiro atoms. The number of aromatic carboxylic acids is 1. The molecule has 0 fully saturated rings. The fraction of sp³-hybridized carbons (Fsp3) is 0.182. The van der Waals surface area contributed by atoms with Gasteiger partial charge >= 0.3 is 5.97 Å². The predicted molar refractivity (Wildman–Crippen MR) is 108 cm³/mol. The summed E-state index contributed by atoms with van der Waals surface area (Å²) >= 11 is 0. The standard InChI is InChI=1S/C22H19NO5S/c1-14-3-5-16(9-14)19-7-4-15(12-23)10-18(19)13-29(26,27)21-11-17(22(24)25)6-8-20(21)28-2/h3-8,10-11H,9,13H2,1-2H3,(H,24,25). The molecule has 0 saturated carbocycles. The van der Waals surface area contributed by atoms with Crippen molar-refractivity contribution in [3.8, 4) is 11.8 Å². The van der Waals surface area contributed by atoms with Gasteiger partial charge in [-0.3, -0.25) is 0 Å². The molecule has 0 heterocycles. The first-order valence-electron chi connectivity index (χ1n) is 8.79. The zero-order valence-corrected chi connectivity index (χ0v) is 16.8. The molecule has 0 amide bonds. The maximum absolute atomic E-state index is 13.2. The number of allylic oxidation sites excluding steroid dienone is 4. The summed E-state index contributed by atoms with van der Waals surface area (Å²) in [5.74, 6) is -1.53. The quantitative estimate of drug-likeness (QED) is 0.774. The lowest BCUT2D eigenvalue weighted by molar-refractivity contribution is 0.0696. The zero-order chi connectivity index (χ0) is 21.2. The zero-order valence-electron chi connectivity index (χ0n) is 16.0. The Morgan fingerprint density at radius 2 is 1.97 bits per heavy atom. The van der Waals surface area contributed by atoms with E-state index >= 15 is 0 Å². The van der Waals surface area contributed by atoms with E-state index in [1.54, 1.807) is 18.2 Å². The van der Waals surface area contributed by atoms with Crippen LogP contribution >= 0.6 is 0 Å². The molecular formula is C22H19NO5S. The number of sulfone groups is 1. The van der Waals surface area contributed by atoms with E-state index in [0.29, 0.717) is 17.5 Å². The maximum Gasteiger partial charge on any atom is 0.335 e. The highest BCUT2D eigenvalue weighted by molar-refractivity contribution is 7.90. The predicted octanol–water partition coefficient (Wildman–Crippen LogP) is 3.97. The lowest BCUT2D eigenvalue weighted by atomic mass is 9.97. The van der Waals surface area contributed by atoms with Gasteiger partial charge in [0.2, 0.25) is 0 Å². The number of methoxy groups -OCH3 is 1. The Morgan fingerprint density at radius 3 is 2.55 bits per heavy atom. The number of nitrogens with zero attached hydrogens (tertiary/aromatic N) is 1. The van der Waals surface area contributed by atoms with Crippen molar-refractivity contribution in [1.82, 2.24) is 0 Å². The first-order valence-corrected chi connectivity index (χ1v) is 10.4. The monoisotopic (exact) mass is 409 g/mol. The van der Waals surface area contributed by atoms with Crippen molar-refractivity contribution in [2.24, 2.45) is 0 Å². The summed E-state index contributed by atoms with van der Waals surface area (Å²) in [4.78, 5) is 11.1. The first-order chi connectivity index (χ1) is 13.7. The molecule has 0 saturated heterocycles. The van der Waals surface area contributed by atoms with Gasteiger partial charge in [0.25, 0.3) is 0 Å². The summed E-state index contributed by atoms with van der Waals surface area (Å²) in [6, 6.07) is 10.7. The molecule has 1 aliphatic carbocycles. The number of carboxylic acid groups (broad SMARTS) is 1. The van der Waals surface area contributed by atoms with E-state index < -0.39 is 15.8 Å². The van der Waals surface area contributed by atoms with Crippen LogP contribution in [0.15, 0.2) is 59.0 Å². The van der Waals surface area contributed by atoms with Crippen LogP contribution in [-0.2, 0) is 15.6 Å². The molecule has 0 radical (unpaired) electrons. The van der Waals surface area contributed by atoms with E-state index in [9.17, 15) is 23.6 Å². The normalized spacial score (nSPS) is 13.4. The average Bonchev–Trinajstić information content (AvgIpc) is 3.13. The van der Waals surface area contributed by atoms with Crippen LogP contribution in [0.3, 0.4) is 0 Å². The van der Waals surface area contributed by atoms with Crippen LogP contribution in [0.1, 0.15) is 40.4 Å². The SMILES string of the molecule is COc1ccc(C(=O)O)cc1S(=O)(=O)Cc1cc(C#N)ccc1C1=CC=C(C)C1. The van der Waals surface area contributed by atoms with Crippen LogP contribution in [0.4, 0.5) is 0 Å². The minimum absolute atomic E-state index is 0.0746. The molecule has 0 unspecified atom stereocenters. The Morgan fingerprint density at radius 1 is 1.21 bits per heavy atom. The van der Waals surface area contributed by atoms with E-state index in [4.69, 9.17) is 4.74 Å². The molecule has 1 aliphatic rings. The van der Waals surface area contributed by atoms with Crippen molar-refractivity contribution >= 4 is 21.4 Å². The number of nitriles is 1. The number of carboxylic acids is 1. The molecule has 0 aliphatic heterocycles. The summed E-state index contributed by atoms with van der Waals surface area (Å²) < 4.78 is 31.5. The minimum atomic E-state index is -3.94. The molecular weight excluding hydrogens is 390 g/mol.